The molecule has 2 atom stereocenters. The smallest absolute Gasteiger partial charge is 0.306 e. The van der Waals surface area contributed by atoms with Gasteiger partial charge in [0.1, 0.15) is 0 Å². The average molecular weight is 208 g/mol. The van der Waals surface area contributed by atoms with E-state index in [1.807, 2.05) is 19.4 Å². The van der Waals surface area contributed by atoms with Gasteiger partial charge in [-0.25, -0.2) is 0 Å². The Kier molecular flexibility index (Phi) is 2.75. The number of nitrogens with zero attached hydrogens (tertiary/aromatic N) is 2. The highest BCUT2D eigenvalue weighted by atomic mass is 16.4. The fourth-order valence-corrected chi connectivity index (χ4v) is 2.37. The number of aliphatic carboxylic acids is 1. The molecule has 1 fully saturated rings. The Morgan fingerprint density at radius 1 is 1.60 bits per heavy atom. The van der Waals surface area contributed by atoms with Gasteiger partial charge in [0.25, 0.3) is 0 Å². The van der Waals surface area contributed by atoms with Crippen LogP contribution in [0.25, 0.3) is 0 Å². The van der Waals surface area contributed by atoms with Crippen LogP contribution in [0.2, 0.25) is 0 Å². The molecule has 0 spiro atoms. The van der Waals surface area contributed by atoms with E-state index in [9.17, 15) is 4.79 Å². The Hall–Kier alpha value is -1.32. The van der Waals surface area contributed by atoms with E-state index in [1.54, 1.807) is 4.68 Å². The van der Waals surface area contributed by atoms with Crippen LogP contribution < -0.4 is 0 Å². The van der Waals surface area contributed by atoms with Crippen molar-refractivity contribution in [3.63, 3.8) is 0 Å². The molecule has 2 rings (SSSR count). The highest BCUT2D eigenvalue weighted by Gasteiger charge is 2.28. The molecule has 1 aliphatic carbocycles. The van der Waals surface area contributed by atoms with Crippen molar-refractivity contribution in [2.24, 2.45) is 13.0 Å². The Labute approximate surface area is 88.9 Å². The summed E-state index contributed by atoms with van der Waals surface area (Å²) in [6.45, 7) is 0. The van der Waals surface area contributed by atoms with Crippen LogP contribution in [0.1, 0.15) is 37.2 Å². The number of hydrogen-bond acceptors (Lipinski definition) is 2. The van der Waals surface area contributed by atoms with Crippen molar-refractivity contribution >= 4 is 5.97 Å². The maximum atomic E-state index is 10.9. The van der Waals surface area contributed by atoms with E-state index in [1.165, 1.54) is 5.56 Å². The summed E-state index contributed by atoms with van der Waals surface area (Å²) in [6, 6.07) is 0. The van der Waals surface area contributed by atoms with Crippen LogP contribution in [0.15, 0.2) is 12.4 Å². The minimum Gasteiger partial charge on any atom is -0.481 e. The van der Waals surface area contributed by atoms with Crippen LogP contribution in [0, 0.1) is 5.92 Å². The molecule has 4 heteroatoms. The first-order valence-corrected chi connectivity index (χ1v) is 5.38. The van der Waals surface area contributed by atoms with Gasteiger partial charge in [-0.1, -0.05) is 6.42 Å². The van der Waals surface area contributed by atoms with Crippen LogP contribution in [0.3, 0.4) is 0 Å². The molecule has 0 saturated heterocycles. The summed E-state index contributed by atoms with van der Waals surface area (Å²) < 4.78 is 1.78. The third-order valence-corrected chi connectivity index (χ3v) is 3.22. The lowest BCUT2D eigenvalue weighted by atomic mass is 9.79. The summed E-state index contributed by atoms with van der Waals surface area (Å²) in [5, 5.41) is 13.1. The largest absolute Gasteiger partial charge is 0.481 e. The first kappa shape index (κ1) is 10.2. The Bertz CT molecular complexity index is 359. The van der Waals surface area contributed by atoms with E-state index < -0.39 is 5.97 Å². The Balaban J connectivity index is 2.07. The number of carbonyl (C=O) groups is 1. The number of rotatable bonds is 2. The second-order valence-electron chi connectivity index (χ2n) is 4.35. The van der Waals surface area contributed by atoms with Gasteiger partial charge in [-0.05, 0) is 30.7 Å². The monoisotopic (exact) mass is 208 g/mol. The lowest BCUT2D eigenvalue weighted by Crippen LogP contribution is -2.21. The zero-order chi connectivity index (χ0) is 10.8. The van der Waals surface area contributed by atoms with Gasteiger partial charge in [-0.15, -0.1) is 0 Å². The third-order valence-electron chi connectivity index (χ3n) is 3.22. The maximum absolute atomic E-state index is 10.9. The molecule has 82 valence electrons. The number of aryl methyl sites for hydroxylation is 1. The molecule has 15 heavy (non-hydrogen) atoms. The van der Waals surface area contributed by atoms with Crippen LogP contribution in [-0.4, -0.2) is 20.9 Å². The van der Waals surface area contributed by atoms with Crippen molar-refractivity contribution in [1.29, 1.82) is 0 Å². The zero-order valence-electron chi connectivity index (χ0n) is 8.89. The molecule has 0 radical (unpaired) electrons. The Morgan fingerprint density at radius 2 is 2.40 bits per heavy atom. The first-order valence-electron chi connectivity index (χ1n) is 5.38. The van der Waals surface area contributed by atoms with Crippen molar-refractivity contribution in [3.8, 4) is 0 Å². The maximum Gasteiger partial charge on any atom is 0.306 e. The molecule has 0 amide bonds. The molecule has 2 unspecified atom stereocenters. The quantitative estimate of drug-likeness (QED) is 0.806. The molecule has 0 aromatic carbocycles. The van der Waals surface area contributed by atoms with E-state index in [2.05, 4.69) is 5.10 Å². The standard InChI is InChI=1S/C11H16N2O2/c1-13-7-10(6-12-13)8-3-2-4-9(5-8)11(14)15/h6-9H,2-5H2,1H3,(H,14,15). The molecule has 1 aromatic heterocycles. The second-order valence-corrected chi connectivity index (χ2v) is 4.35. The number of carboxylic acid groups (broad SMARTS) is 1. The van der Waals surface area contributed by atoms with E-state index in [0.717, 1.165) is 25.7 Å². The highest BCUT2D eigenvalue weighted by Crippen LogP contribution is 2.35. The summed E-state index contributed by atoms with van der Waals surface area (Å²) >= 11 is 0. The Morgan fingerprint density at radius 3 is 3.00 bits per heavy atom. The van der Waals surface area contributed by atoms with Crippen molar-refractivity contribution in [2.45, 2.75) is 31.6 Å². The van der Waals surface area contributed by atoms with E-state index in [-0.39, 0.29) is 5.92 Å². The summed E-state index contributed by atoms with van der Waals surface area (Å²) in [4.78, 5) is 10.9. The molecule has 0 aliphatic heterocycles. The van der Waals surface area contributed by atoms with Gasteiger partial charge in [-0.2, -0.15) is 5.10 Å². The van der Waals surface area contributed by atoms with Crippen molar-refractivity contribution < 1.29 is 9.90 Å². The van der Waals surface area contributed by atoms with Gasteiger partial charge >= 0.3 is 5.97 Å². The molecule has 0 bridgehead atoms. The minimum atomic E-state index is -0.649. The first-order chi connectivity index (χ1) is 7.16. The van der Waals surface area contributed by atoms with Crippen LogP contribution >= 0.6 is 0 Å². The lowest BCUT2D eigenvalue weighted by Gasteiger charge is -2.25. The summed E-state index contributed by atoms with van der Waals surface area (Å²) in [5.41, 5.74) is 1.18. The van der Waals surface area contributed by atoms with Crippen LogP contribution in [-0.2, 0) is 11.8 Å². The summed E-state index contributed by atoms with van der Waals surface area (Å²) in [5.74, 6) is -0.430. The fourth-order valence-electron chi connectivity index (χ4n) is 2.37. The van der Waals surface area contributed by atoms with Gasteiger partial charge < -0.3 is 5.11 Å². The van der Waals surface area contributed by atoms with E-state index in [0.29, 0.717) is 5.92 Å². The zero-order valence-corrected chi connectivity index (χ0v) is 8.89. The third kappa shape index (κ3) is 2.19. The number of aromatic nitrogens is 2. The van der Waals surface area contributed by atoms with Crippen molar-refractivity contribution in [1.82, 2.24) is 9.78 Å². The number of hydrogen-bond donors (Lipinski definition) is 1. The fraction of sp³-hybridized carbons (Fsp3) is 0.636. The van der Waals surface area contributed by atoms with E-state index >= 15 is 0 Å². The van der Waals surface area contributed by atoms with E-state index in [4.69, 9.17) is 5.11 Å². The molecule has 1 heterocycles. The molecule has 1 N–H and O–H groups in total. The van der Waals surface area contributed by atoms with Gasteiger partial charge in [0.15, 0.2) is 0 Å². The number of carboxylic acids is 1. The second kappa shape index (κ2) is 4.04. The predicted octanol–water partition coefficient (Wildman–Crippen LogP) is 1.78. The molecule has 1 aliphatic rings. The highest BCUT2D eigenvalue weighted by molar-refractivity contribution is 5.70. The molecule has 4 nitrogen and oxygen atoms in total. The predicted molar refractivity (Wildman–Crippen MR) is 55.5 cm³/mol. The van der Waals surface area contributed by atoms with Crippen LogP contribution in [0.5, 0.6) is 0 Å². The van der Waals surface area contributed by atoms with Gasteiger partial charge in [0.2, 0.25) is 0 Å². The normalized spacial score (nSPS) is 26.5. The molecular weight excluding hydrogens is 192 g/mol. The summed E-state index contributed by atoms with van der Waals surface area (Å²) in [7, 11) is 1.89. The summed E-state index contributed by atoms with van der Waals surface area (Å²) in [6.07, 6.45) is 7.54. The van der Waals surface area contributed by atoms with Crippen molar-refractivity contribution in [3.05, 3.63) is 18.0 Å². The topological polar surface area (TPSA) is 55.1 Å². The molecule has 1 saturated carbocycles. The van der Waals surface area contributed by atoms with Gasteiger partial charge in [-0.3, -0.25) is 9.48 Å². The minimum absolute atomic E-state index is 0.163. The van der Waals surface area contributed by atoms with Crippen LogP contribution in [0.4, 0.5) is 0 Å². The van der Waals surface area contributed by atoms with Crippen molar-refractivity contribution in [2.75, 3.05) is 0 Å². The lowest BCUT2D eigenvalue weighted by molar-refractivity contribution is -0.142. The molecule has 1 aromatic rings. The SMILES string of the molecule is Cn1cc(C2CCCC(C(=O)O)C2)cn1. The van der Waals surface area contributed by atoms with Gasteiger partial charge in [0.05, 0.1) is 12.1 Å². The molecular formula is C11H16N2O2. The average Bonchev–Trinajstić information content (AvgIpc) is 2.65. The van der Waals surface area contributed by atoms with Gasteiger partial charge in [0, 0.05) is 13.2 Å².